The van der Waals surface area contributed by atoms with E-state index in [2.05, 4.69) is 0 Å². The van der Waals surface area contributed by atoms with Crippen molar-refractivity contribution in [2.24, 2.45) is 0 Å². The fraction of sp³-hybridized carbons (Fsp3) is 0.733. The Morgan fingerprint density at radius 2 is 1.85 bits per heavy atom. The number of piperidine rings is 1. The fourth-order valence-electron chi connectivity index (χ4n) is 1.95. The van der Waals surface area contributed by atoms with Crippen LogP contribution >= 0.6 is 0 Å². The minimum absolute atomic E-state index is 0.199. The molecule has 0 aliphatic carbocycles. The van der Waals surface area contributed by atoms with Gasteiger partial charge in [0.25, 0.3) is 0 Å². The number of likely N-dealkylation sites (tertiary alicyclic amines) is 1. The minimum Gasteiger partial charge on any atom is -0.466 e. The van der Waals surface area contributed by atoms with Crippen LogP contribution in [0.2, 0.25) is 0 Å². The van der Waals surface area contributed by atoms with Gasteiger partial charge in [-0.3, -0.25) is 4.79 Å². The summed E-state index contributed by atoms with van der Waals surface area (Å²) in [6.45, 7) is 9.07. The van der Waals surface area contributed by atoms with E-state index >= 15 is 0 Å². The van der Waals surface area contributed by atoms with E-state index < -0.39 is 5.60 Å². The normalized spacial score (nSPS) is 15.8. The Kier molecular flexibility index (Phi) is 6.05. The fourth-order valence-corrected chi connectivity index (χ4v) is 1.95. The van der Waals surface area contributed by atoms with Crippen LogP contribution in [0.3, 0.4) is 0 Å². The van der Waals surface area contributed by atoms with Gasteiger partial charge in [-0.25, -0.2) is 4.79 Å². The third kappa shape index (κ3) is 6.08. The molecule has 5 heteroatoms. The first-order valence-electron chi connectivity index (χ1n) is 7.13. The van der Waals surface area contributed by atoms with Crippen molar-refractivity contribution in [2.75, 3.05) is 19.7 Å². The van der Waals surface area contributed by atoms with Gasteiger partial charge in [-0.2, -0.15) is 0 Å². The molecule has 20 heavy (non-hydrogen) atoms. The van der Waals surface area contributed by atoms with Crippen LogP contribution in [0.1, 0.15) is 47.0 Å². The lowest BCUT2D eigenvalue weighted by Gasteiger charge is -2.31. The molecule has 0 aromatic rings. The predicted octanol–water partition coefficient (Wildman–Crippen LogP) is 2.90. The predicted molar refractivity (Wildman–Crippen MR) is 76.4 cm³/mol. The molecular formula is C15H25NO4. The second-order valence-electron chi connectivity index (χ2n) is 5.84. The van der Waals surface area contributed by atoms with Gasteiger partial charge in [0.05, 0.1) is 13.0 Å². The highest BCUT2D eigenvalue weighted by atomic mass is 16.6. The summed E-state index contributed by atoms with van der Waals surface area (Å²) in [6, 6.07) is 0. The van der Waals surface area contributed by atoms with Crippen LogP contribution in [0.15, 0.2) is 11.6 Å². The highest BCUT2D eigenvalue weighted by Gasteiger charge is 2.24. The van der Waals surface area contributed by atoms with Crippen molar-refractivity contribution in [3.05, 3.63) is 11.6 Å². The summed E-state index contributed by atoms with van der Waals surface area (Å²) in [5, 5.41) is 0. The number of nitrogens with zero attached hydrogens (tertiary/aromatic N) is 1. The van der Waals surface area contributed by atoms with Crippen molar-refractivity contribution < 1.29 is 19.1 Å². The summed E-state index contributed by atoms with van der Waals surface area (Å²) in [5.41, 5.74) is 0.745. The summed E-state index contributed by atoms with van der Waals surface area (Å²) < 4.78 is 10.2. The molecule has 0 aromatic carbocycles. The Labute approximate surface area is 120 Å². The average molecular weight is 283 g/mol. The minimum atomic E-state index is -0.461. The van der Waals surface area contributed by atoms with Gasteiger partial charge in [0.15, 0.2) is 0 Å². The van der Waals surface area contributed by atoms with Gasteiger partial charge in [-0.15, -0.1) is 0 Å². The molecule has 1 rings (SSSR count). The number of amides is 1. The van der Waals surface area contributed by atoms with E-state index in [1.165, 1.54) is 5.57 Å². The van der Waals surface area contributed by atoms with Crippen molar-refractivity contribution in [1.29, 1.82) is 0 Å². The number of hydrogen-bond acceptors (Lipinski definition) is 4. The molecule has 0 saturated carbocycles. The molecule has 1 aliphatic heterocycles. The molecule has 0 radical (unpaired) electrons. The molecule has 5 nitrogen and oxygen atoms in total. The number of carbonyl (C=O) groups is 2. The summed E-state index contributed by atoms with van der Waals surface area (Å²) in [4.78, 5) is 24.9. The van der Waals surface area contributed by atoms with Gasteiger partial charge >= 0.3 is 12.1 Å². The van der Waals surface area contributed by atoms with Crippen LogP contribution in [-0.2, 0) is 14.3 Å². The highest BCUT2D eigenvalue weighted by Crippen LogP contribution is 2.19. The first-order chi connectivity index (χ1) is 9.31. The van der Waals surface area contributed by atoms with Crippen LogP contribution < -0.4 is 0 Å². The summed E-state index contributed by atoms with van der Waals surface area (Å²) >= 11 is 0. The van der Waals surface area contributed by atoms with Crippen LogP contribution in [0, 0.1) is 0 Å². The SMILES string of the molecule is CCOC(=O)CC=C1CCN(C(=O)OC(C)(C)C)CC1. The Morgan fingerprint density at radius 3 is 2.35 bits per heavy atom. The van der Waals surface area contributed by atoms with Crippen molar-refractivity contribution in [3.8, 4) is 0 Å². The molecule has 0 N–H and O–H groups in total. The second kappa shape index (κ2) is 7.31. The van der Waals surface area contributed by atoms with E-state index in [1.54, 1.807) is 11.8 Å². The summed E-state index contributed by atoms with van der Waals surface area (Å²) in [6.07, 6.45) is 3.55. The molecule has 114 valence electrons. The maximum absolute atomic E-state index is 11.9. The molecule has 1 heterocycles. The molecule has 0 bridgehead atoms. The maximum atomic E-state index is 11.9. The van der Waals surface area contributed by atoms with Crippen LogP contribution in [0.4, 0.5) is 4.79 Å². The van der Waals surface area contributed by atoms with Gasteiger partial charge < -0.3 is 14.4 Å². The zero-order valence-corrected chi connectivity index (χ0v) is 12.9. The number of hydrogen-bond donors (Lipinski definition) is 0. The third-order valence-corrected chi connectivity index (χ3v) is 2.92. The van der Waals surface area contributed by atoms with Crippen molar-refractivity contribution in [1.82, 2.24) is 4.90 Å². The van der Waals surface area contributed by atoms with Gasteiger partial charge in [0.1, 0.15) is 5.60 Å². The Hall–Kier alpha value is -1.52. The quantitative estimate of drug-likeness (QED) is 0.590. The number of rotatable bonds is 3. The smallest absolute Gasteiger partial charge is 0.410 e. The largest absolute Gasteiger partial charge is 0.466 e. The van der Waals surface area contributed by atoms with Gasteiger partial charge in [-0.05, 0) is 40.5 Å². The molecule has 0 atom stereocenters. The summed E-state index contributed by atoms with van der Waals surface area (Å²) in [5.74, 6) is -0.199. The lowest BCUT2D eigenvalue weighted by molar-refractivity contribution is -0.142. The van der Waals surface area contributed by atoms with Gasteiger partial charge in [0.2, 0.25) is 0 Å². The topological polar surface area (TPSA) is 55.8 Å². The van der Waals surface area contributed by atoms with Gasteiger partial charge in [0, 0.05) is 13.1 Å². The third-order valence-electron chi connectivity index (χ3n) is 2.92. The summed E-state index contributed by atoms with van der Waals surface area (Å²) in [7, 11) is 0. The van der Waals surface area contributed by atoms with E-state index in [-0.39, 0.29) is 12.1 Å². The maximum Gasteiger partial charge on any atom is 0.410 e. The molecule has 1 amide bonds. The van der Waals surface area contributed by atoms with E-state index in [4.69, 9.17) is 9.47 Å². The molecule has 0 aromatic heterocycles. The lowest BCUT2D eigenvalue weighted by atomic mass is 10.0. The molecule has 0 spiro atoms. The number of esters is 1. The van der Waals surface area contributed by atoms with E-state index in [0.29, 0.717) is 26.1 Å². The zero-order valence-electron chi connectivity index (χ0n) is 12.9. The van der Waals surface area contributed by atoms with Crippen LogP contribution in [0.5, 0.6) is 0 Å². The monoisotopic (exact) mass is 283 g/mol. The lowest BCUT2D eigenvalue weighted by Crippen LogP contribution is -2.40. The molecule has 1 fully saturated rings. The second-order valence-corrected chi connectivity index (χ2v) is 5.84. The average Bonchev–Trinajstić information content (AvgIpc) is 2.35. The Morgan fingerprint density at radius 1 is 1.25 bits per heavy atom. The van der Waals surface area contributed by atoms with Crippen molar-refractivity contribution in [2.45, 2.75) is 52.6 Å². The van der Waals surface area contributed by atoms with Crippen molar-refractivity contribution in [3.63, 3.8) is 0 Å². The van der Waals surface area contributed by atoms with Crippen LogP contribution in [-0.4, -0.2) is 42.3 Å². The Bertz CT molecular complexity index is 372. The first kappa shape index (κ1) is 16.5. The zero-order chi connectivity index (χ0) is 15.2. The standard InChI is InChI=1S/C15H25NO4/c1-5-19-13(17)7-6-12-8-10-16(11-9-12)14(18)20-15(2,3)4/h6H,5,7-11H2,1-4H3. The van der Waals surface area contributed by atoms with Gasteiger partial charge in [-0.1, -0.05) is 11.6 Å². The molecular weight excluding hydrogens is 258 g/mol. The number of ether oxygens (including phenoxy) is 2. The number of carbonyl (C=O) groups excluding carboxylic acids is 2. The van der Waals surface area contributed by atoms with E-state index in [0.717, 1.165) is 12.8 Å². The first-order valence-corrected chi connectivity index (χ1v) is 7.13. The molecule has 0 unspecified atom stereocenters. The molecule has 1 aliphatic rings. The molecule has 1 saturated heterocycles. The van der Waals surface area contributed by atoms with E-state index in [9.17, 15) is 9.59 Å². The Balaban J connectivity index is 2.38. The van der Waals surface area contributed by atoms with E-state index in [1.807, 2.05) is 26.8 Å². The van der Waals surface area contributed by atoms with Crippen molar-refractivity contribution >= 4 is 12.1 Å². The highest BCUT2D eigenvalue weighted by molar-refractivity contribution is 5.71. The van der Waals surface area contributed by atoms with Crippen LogP contribution in [0.25, 0.3) is 0 Å².